The van der Waals surface area contributed by atoms with Crippen LogP contribution in [-0.2, 0) is 10.1 Å². The molecular formula is C7H8NO3S. The molecule has 5 heteroatoms. The summed E-state index contributed by atoms with van der Waals surface area (Å²) in [6.45, 7) is 1.69. The first-order valence-electron chi connectivity index (χ1n) is 3.21. The minimum Gasteiger partial charge on any atom is -0.301 e. The van der Waals surface area contributed by atoms with E-state index in [1.165, 1.54) is 12.1 Å². The maximum atomic E-state index is 10.6. The van der Waals surface area contributed by atoms with E-state index in [1.54, 1.807) is 6.92 Å². The zero-order valence-electron chi connectivity index (χ0n) is 6.40. The zero-order chi connectivity index (χ0) is 9.35. The zero-order valence-corrected chi connectivity index (χ0v) is 7.22. The quantitative estimate of drug-likeness (QED) is 0.668. The second-order valence-corrected chi connectivity index (χ2v) is 3.87. The summed E-state index contributed by atoms with van der Waals surface area (Å²) in [4.78, 5) is -0.238. The van der Waals surface area contributed by atoms with Crippen molar-refractivity contribution in [3.63, 3.8) is 0 Å². The van der Waals surface area contributed by atoms with Gasteiger partial charge in [-0.3, -0.25) is 4.55 Å². The lowest BCUT2D eigenvalue weighted by molar-refractivity contribution is 0.483. The van der Waals surface area contributed by atoms with Gasteiger partial charge in [0.25, 0.3) is 10.1 Å². The van der Waals surface area contributed by atoms with Crippen molar-refractivity contribution in [2.45, 2.75) is 11.8 Å². The van der Waals surface area contributed by atoms with Crippen LogP contribution in [0.5, 0.6) is 0 Å². The summed E-state index contributed by atoms with van der Waals surface area (Å²) in [5.41, 5.74) is 8.04. The number of rotatable bonds is 1. The summed E-state index contributed by atoms with van der Waals surface area (Å²) >= 11 is 0. The number of aryl methyl sites for hydroxylation is 1. The smallest absolute Gasteiger partial charge is 0.294 e. The fourth-order valence-corrected chi connectivity index (χ4v) is 1.27. The summed E-state index contributed by atoms with van der Waals surface area (Å²) in [7, 11) is -4.16. The van der Waals surface area contributed by atoms with Crippen LogP contribution in [0.1, 0.15) is 5.56 Å². The van der Waals surface area contributed by atoms with E-state index in [2.05, 4.69) is 0 Å². The lowest BCUT2D eigenvalue weighted by Gasteiger charge is -2.00. The molecule has 65 valence electrons. The third kappa shape index (κ3) is 1.75. The Kier molecular flexibility index (Phi) is 2.08. The van der Waals surface area contributed by atoms with Crippen LogP contribution in [-0.4, -0.2) is 13.0 Å². The van der Waals surface area contributed by atoms with Crippen LogP contribution in [0.3, 0.4) is 0 Å². The molecule has 0 spiro atoms. The van der Waals surface area contributed by atoms with Gasteiger partial charge in [0.15, 0.2) is 0 Å². The van der Waals surface area contributed by atoms with Crippen molar-refractivity contribution in [2.24, 2.45) is 0 Å². The topological polar surface area (TPSA) is 78.2 Å². The first kappa shape index (κ1) is 9.02. The SMILES string of the molecule is Cc1ccc(S(=O)(=O)O)cc1[NH]. The molecule has 0 atom stereocenters. The molecule has 0 aromatic heterocycles. The molecule has 0 unspecified atom stereocenters. The Labute approximate surface area is 70.8 Å². The molecule has 1 aromatic carbocycles. The van der Waals surface area contributed by atoms with Crippen LogP contribution in [0.15, 0.2) is 23.1 Å². The molecule has 0 amide bonds. The van der Waals surface area contributed by atoms with Crippen molar-refractivity contribution in [3.8, 4) is 0 Å². The van der Waals surface area contributed by atoms with Crippen molar-refractivity contribution in [3.05, 3.63) is 23.8 Å². The third-order valence-corrected chi connectivity index (χ3v) is 2.36. The maximum Gasteiger partial charge on any atom is 0.294 e. The molecule has 0 aliphatic rings. The van der Waals surface area contributed by atoms with Gasteiger partial charge in [-0.25, -0.2) is 0 Å². The highest BCUT2D eigenvalue weighted by Crippen LogP contribution is 2.17. The Hall–Kier alpha value is -1.07. The summed E-state index contributed by atoms with van der Waals surface area (Å²) < 4.78 is 29.7. The van der Waals surface area contributed by atoms with E-state index in [1.807, 2.05) is 0 Å². The molecule has 1 rings (SSSR count). The minimum absolute atomic E-state index is 0.102. The molecule has 12 heavy (non-hydrogen) atoms. The van der Waals surface area contributed by atoms with E-state index in [4.69, 9.17) is 10.3 Å². The second kappa shape index (κ2) is 2.76. The van der Waals surface area contributed by atoms with E-state index in [9.17, 15) is 8.42 Å². The first-order chi connectivity index (χ1) is 5.41. The van der Waals surface area contributed by atoms with Crippen LogP contribution in [0.25, 0.3) is 0 Å². The van der Waals surface area contributed by atoms with Crippen molar-refractivity contribution in [2.75, 3.05) is 0 Å². The molecule has 2 N–H and O–H groups in total. The van der Waals surface area contributed by atoms with Gasteiger partial charge < -0.3 is 5.73 Å². The van der Waals surface area contributed by atoms with Gasteiger partial charge in [-0.2, -0.15) is 8.42 Å². The predicted octanol–water partition coefficient (Wildman–Crippen LogP) is 1.16. The van der Waals surface area contributed by atoms with Crippen molar-refractivity contribution >= 4 is 15.8 Å². The molecule has 0 saturated carbocycles. The average Bonchev–Trinajstić information content (AvgIpc) is 1.92. The molecule has 0 aliphatic carbocycles. The highest BCUT2D eigenvalue weighted by atomic mass is 32.2. The highest BCUT2D eigenvalue weighted by molar-refractivity contribution is 7.85. The van der Waals surface area contributed by atoms with Crippen LogP contribution in [0.4, 0.5) is 5.69 Å². The van der Waals surface area contributed by atoms with Gasteiger partial charge in [-0.1, -0.05) is 6.07 Å². The third-order valence-electron chi connectivity index (χ3n) is 1.51. The lowest BCUT2D eigenvalue weighted by atomic mass is 10.2. The van der Waals surface area contributed by atoms with Gasteiger partial charge in [0.2, 0.25) is 0 Å². The Bertz CT molecular complexity index is 397. The highest BCUT2D eigenvalue weighted by Gasteiger charge is 2.09. The fourth-order valence-electron chi connectivity index (χ4n) is 0.762. The molecule has 0 fully saturated rings. The average molecular weight is 186 g/mol. The molecule has 0 bridgehead atoms. The Morgan fingerprint density at radius 3 is 2.42 bits per heavy atom. The molecule has 1 aromatic rings. The molecule has 1 radical (unpaired) electrons. The van der Waals surface area contributed by atoms with Gasteiger partial charge in [0, 0.05) is 0 Å². The minimum atomic E-state index is -4.16. The molecule has 4 nitrogen and oxygen atoms in total. The molecule has 0 heterocycles. The van der Waals surface area contributed by atoms with Crippen molar-refractivity contribution in [1.29, 1.82) is 0 Å². The number of hydrogen-bond acceptors (Lipinski definition) is 2. The predicted molar refractivity (Wildman–Crippen MR) is 43.8 cm³/mol. The van der Waals surface area contributed by atoms with Gasteiger partial charge in [0.05, 0.1) is 10.6 Å². The van der Waals surface area contributed by atoms with Crippen LogP contribution >= 0.6 is 0 Å². The van der Waals surface area contributed by atoms with Gasteiger partial charge in [0.1, 0.15) is 0 Å². The number of nitrogens with one attached hydrogen (secondary N) is 1. The van der Waals surface area contributed by atoms with Gasteiger partial charge >= 0.3 is 0 Å². The lowest BCUT2D eigenvalue weighted by Crippen LogP contribution is -1.97. The van der Waals surface area contributed by atoms with Gasteiger partial charge in [-0.15, -0.1) is 0 Å². The molecule has 0 saturated heterocycles. The number of hydrogen-bond donors (Lipinski definition) is 1. The van der Waals surface area contributed by atoms with Crippen LogP contribution < -0.4 is 5.73 Å². The summed E-state index contributed by atoms with van der Waals surface area (Å²) in [6.07, 6.45) is 0. The second-order valence-electron chi connectivity index (χ2n) is 2.45. The molecular weight excluding hydrogens is 178 g/mol. The summed E-state index contributed by atoms with van der Waals surface area (Å²) in [5.74, 6) is 0. The monoisotopic (exact) mass is 186 g/mol. The Morgan fingerprint density at radius 2 is 2.00 bits per heavy atom. The number of benzene rings is 1. The summed E-state index contributed by atoms with van der Waals surface area (Å²) in [5, 5.41) is 0. The largest absolute Gasteiger partial charge is 0.301 e. The normalized spacial score (nSPS) is 11.5. The van der Waals surface area contributed by atoms with Gasteiger partial charge in [-0.05, 0) is 24.6 Å². The Balaban J connectivity index is 3.33. The first-order valence-corrected chi connectivity index (χ1v) is 4.65. The van der Waals surface area contributed by atoms with E-state index in [-0.39, 0.29) is 10.6 Å². The summed E-state index contributed by atoms with van der Waals surface area (Å²) in [6, 6.07) is 3.86. The van der Waals surface area contributed by atoms with Crippen molar-refractivity contribution in [1.82, 2.24) is 5.73 Å². The maximum absolute atomic E-state index is 10.6. The van der Waals surface area contributed by atoms with Crippen molar-refractivity contribution < 1.29 is 13.0 Å². The standard InChI is InChI=1S/C7H8NO3S/c1-5-2-3-6(4-7(5)8)12(9,10)11/h2-4,8H,1H3,(H,9,10,11). The van der Waals surface area contributed by atoms with E-state index in [0.717, 1.165) is 6.07 Å². The Morgan fingerprint density at radius 1 is 1.42 bits per heavy atom. The van der Waals surface area contributed by atoms with E-state index < -0.39 is 10.1 Å². The van der Waals surface area contributed by atoms with E-state index in [0.29, 0.717) is 5.56 Å². The van der Waals surface area contributed by atoms with E-state index >= 15 is 0 Å². The molecule has 0 aliphatic heterocycles. The van der Waals surface area contributed by atoms with Crippen LogP contribution in [0.2, 0.25) is 0 Å². The van der Waals surface area contributed by atoms with Crippen LogP contribution in [0, 0.1) is 6.92 Å². The fraction of sp³-hybridized carbons (Fsp3) is 0.143.